The fraction of sp³-hybridized carbons (Fsp3) is 0.633. The van der Waals surface area contributed by atoms with E-state index in [9.17, 15) is 29.4 Å². The number of Topliss-reactive ketones (excluding diaryl/α,β-unsaturated/α-hetero) is 3. The lowest BCUT2D eigenvalue weighted by molar-refractivity contribution is -0.157. The number of carbonyl (C=O) groups excluding carboxylic acids is 4. The fourth-order valence-electron chi connectivity index (χ4n) is 8.16. The van der Waals surface area contributed by atoms with E-state index in [-0.39, 0.29) is 30.2 Å². The highest BCUT2D eigenvalue weighted by Crippen LogP contribution is 2.53. The normalized spacial score (nSPS) is 35.7. The van der Waals surface area contributed by atoms with Crippen molar-refractivity contribution in [1.82, 2.24) is 9.80 Å². The Bertz CT molecular complexity index is 1370. The van der Waals surface area contributed by atoms with Gasteiger partial charge in [0.15, 0.2) is 23.0 Å². The average Bonchev–Trinajstić information content (AvgIpc) is 3.72. The quantitative estimate of drug-likeness (QED) is 0.381. The number of fused-ring (bicyclic) bond motifs is 3. The molecule has 7 unspecified atom stereocenters. The van der Waals surface area contributed by atoms with E-state index in [1.807, 2.05) is 0 Å². The molecule has 3 saturated carbocycles. The third-order valence-corrected chi connectivity index (χ3v) is 10.7. The van der Waals surface area contributed by atoms with Crippen LogP contribution in [0.1, 0.15) is 66.1 Å². The third-order valence-electron chi connectivity index (χ3n) is 10.2. The summed E-state index contributed by atoms with van der Waals surface area (Å²) in [4.78, 5) is 57.5. The minimum absolute atomic E-state index is 0.0195. The van der Waals surface area contributed by atoms with Gasteiger partial charge in [0.05, 0.1) is 23.2 Å². The van der Waals surface area contributed by atoms with E-state index in [1.54, 1.807) is 20.2 Å². The second kappa shape index (κ2) is 9.97. The van der Waals surface area contributed by atoms with Crippen molar-refractivity contribution in [2.45, 2.75) is 62.6 Å². The number of halogens is 1. The van der Waals surface area contributed by atoms with Crippen LogP contribution in [0, 0.1) is 35.0 Å². The lowest BCUT2D eigenvalue weighted by Crippen LogP contribution is -2.73. The number of rotatable bonds is 5. The number of piperidine rings is 1. The van der Waals surface area contributed by atoms with Gasteiger partial charge in [-0.3, -0.25) is 29.0 Å². The average molecular weight is 585 g/mol. The first-order valence-corrected chi connectivity index (χ1v) is 14.9. The highest BCUT2D eigenvalue weighted by Gasteiger charge is 2.67. The van der Waals surface area contributed by atoms with Crippen molar-refractivity contribution >= 4 is 40.6 Å². The molecular weight excluding hydrogens is 548 g/mol. The number of carbonyl (C=O) groups is 4. The number of benzene rings is 1. The largest absolute Gasteiger partial charge is 0.507 e. The Morgan fingerprint density at radius 1 is 1.22 bits per heavy atom. The van der Waals surface area contributed by atoms with Gasteiger partial charge in [0.2, 0.25) is 5.91 Å². The number of phenolic OH excluding ortho intramolecular Hbond substituents is 1. The van der Waals surface area contributed by atoms with E-state index >= 15 is 0 Å². The number of likely N-dealkylation sites (tertiary alicyclic amines) is 1. The number of likely N-dealkylation sites (N-methyl/N-ethyl adjacent to an activating group) is 1. The predicted molar refractivity (Wildman–Crippen MR) is 150 cm³/mol. The third kappa shape index (κ3) is 4.20. The molecule has 1 amide bonds. The lowest BCUT2D eigenvalue weighted by Gasteiger charge is -2.53. The molecule has 4 aliphatic carbocycles. The Hall–Kier alpha value is -2.66. The van der Waals surface area contributed by atoms with Gasteiger partial charge in [-0.25, -0.2) is 0 Å². The first kappa shape index (κ1) is 28.5. The molecule has 6 rings (SSSR count). The van der Waals surface area contributed by atoms with E-state index in [0.29, 0.717) is 16.5 Å². The zero-order valence-corrected chi connectivity index (χ0v) is 24.1. The van der Waals surface area contributed by atoms with Crippen molar-refractivity contribution in [2.75, 3.05) is 27.2 Å². The number of phenols is 1. The van der Waals surface area contributed by atoms with Gasteiger partial charge >= 0.3 is 0 Å². The summed E-state index contributed by atoms with van der Waals surface area (Å²) in [6.45, 7) is 1.93. The van der Waals surface area contributed by atoms with Gasteiger partial charge in [-0.1, -0.05) is 18.0 Å². The number of aliphatic hydroxyl groups is 1. The van der Waals surface area contributed by atoms with Gasteiger partial charge in [0, 0.05) is 23.5 Å². The Morgan fingerprint density at radius 3 is 2.56 bits per heavy atom. The maximum absolute atomic E-state index is 14.0. The number of hydrogen-bond acceptors (Lipinski definition) is 9. The van der Waals surface area contributed by atoms with Crippen molar-refractivity contribution in [3.63, 3.8) is 0 Å². The minimum atomic E-state index is -2.51. The van der Waals surface area contributed by atoms with Gasteiger partial charge in [0.25, 0.3) is 0 Å². The standard InChI is InChI=1S/C30H37ClN4O6/c1-34(2)24-17-10-14-9-16-21(25(37)20(14)28(39)30(17,41)27(32)22(26(24)38)29(33)40)19(36)11-15(23(16)31)18-5-3-4-8-35(18)12-13-6-7-13/h11,13-14,17-18,20,22,24,32,36,41H,3-10,12H2,1-2H3,(H2,33,40). The molecule has 41 heavy (non-hydrogen) atoms. The maximum atomic E-state index is 14.0. The second-order valence-corrected chi connectivity index (χ2v) is 13.3. The predicted octanol–water partition coefficient (Wildman–Crippen LogP) is 1.91. The molecule has 1 saturated heterocycles. The van der Waals surface area contributed by atoms with Gasteiger partial charge in [0.1, 0.15) is 11.7 Å². The SMILES string of the molecule is CN(C)C1C(=O)C(C(N)=O)C(=N)C2(O)C(=O)C3C(=O)c4c(O)cc(C5CCCCN5CC5CC5)c(Cl)c4CC3CC12. The van der Waals surface area contributed by atoms with Crippen LogP contribution in [-0.4, -0.2) is 87.8 Å². The van der Waals surface area contributed by atoms with Crippen LogP contribution in [0.15, 0.2) is 6.07 Å². The van der Waals surface area contributed by atoms with Crippen molar-refractivity contribution in [3.8, 4) is 5.75 Å². The van der Waals surface area contributed by atoms with E-state index in [0.717, 1.165) is 37.9 Å². The van der Waals surface area contributed by atoms with Crippen LogP contribution in [0.4, 0.5) is 0 Å². The number of nitrogens with two attached hydrogens (primary N) is 1. The molecule has 11 heteroatoms. The number of primary amides is 1. The highest BCUT2D eigenvalue weighted by molar-refractivity contribution is 6.35. The number of nitrogens with one attached hydrogen (secondary N) is 1. The van der Waals surface area contributed by atoms with Crippen LogP contribution in [0.3, 0.4) is 0 Å². The number of amides is 1. The van der Waals surface area contributed by atoms with Crippen molar-refractivity contribution in [1.29, 1.82) is 5.41 Å². The Morgan fingerprint density at radius 2 is 1.93 bits per heavy atom. The molecule has 5 N–H and O–H groups in total. The first-order chi connectivity index (χ1) is 19.4. The fourth-order valence-corrected chi connectivity index (χ4v) is 8.51. The molecule has 1 aromatic rings. The summed E-state index contributed by atoms with van der Waals surface area (Å²) in [5, 5.41) is 32.1. The van der Waals surface area contributed by atoms with E-state index < -0.39 is 64.3 Å². The molecule has 1 heterocycles. The van der Waals surface area contributed by atoms with Crippen LogP contribution >= 0.6 is 11.6 Å². The molecule has 1 aliphatic heterocycles. The molecular formula is C30H37ClN4O6. The summed E-state index contributed by atoms with van der Waals surface area (Å²) >= 11 is 7.05. The maximum Gasteiger partial charge on any atom is 0.233 e. The smallest absolute Gasteiger partial charge is 0.233 e. The minimum Gasteiger partial charge on any atom is -0.507 e. The molecule has 0 radical (unpaired) electrons. The Kier molecular flexibility index (Phi) is 6.92. The molecule has 0 aromatic heterocycles. The summed E-state index contributed by atoms with van der Waals surface area (Å²) < 4.78 is 0. The van der Waals surface area contributed by atoms with Crippen LogP contribution in [0.2, 0.25) is 5.02 Å². The summed E-state index contributed by atoms with van der Waals surface area (Å²) in [6, 6.07) is 0.535. The molecule has 0 bridgehead atoms. The summed E-state index contributed by atoms with van der Waals surface area (Å²) in [7, 11) is 3.21. The Balaban J connectivity index is 1.41. The molecule has 4 fully saturated rings. The van der Waals surface area contributed by atoms with Crippen molar-refractivity contribution < 1.29 is 29.4 Å². The van der Waals surface area contributed by atoms with Crippen LogP contribution in [-0.2, 0) is 20.8 Å². The van der Waals surface area contributed by atoms with E-state index in [2.05, 4.69) is 4.90 Å². The topological polar surface area (TPSA) is 165 Å². The zero-order chi connectivity index (χ0) is 29.5. The monoisotopic (exact) mass is 584 g/mol. The van der Waals surface area contributed by atoms with Gasteiger partial charge in [-0.05, 0) is 88.2 Å². The number of aromatic hydroxyl groups is 1. The summed E-state index contributed by atoms with van der Waals surface area (Å²) in [6.07, 6.45) is 5.77. The molecule has 220 valence electrons. The molecule has 7 atom stereocenters. The van der Waals surface area contributed by atoms with Gasteiger partial charge in [-0.2, -0.15) is 0 Å². The molecule has 5 aliphatic rings. The van der Waals surface area contributed by atoms with Crippen molar-refractivity contribution in [3.05, 3.63) is 27.8 Å². The van der Waals surface area contributed by atoms with Gasteiger partial charge < -0.3 is 21.4 Å². The second-order valence-electron chi connectivity index (χ2n) is 12.9. The summed E-state index contributed by atoms with van der Waals surface area (Å²) in [5.41, 5.74) is 3.43. The van der Waals surface area contributed by atoms with Crippen LogP contribution in [0.5, 0.6) is 5.75 Å². The van der Waals surface area contributed by atoms with E-state index in [4.69, 9.17) is 22.7 Å². The van der Waals surface area contributed by atoms with Gasteiger partial charge in [-0.15, -0.1) is 0 Å². The zero-order valence-electron chi connectivity index (χ0n) is 23.4. The molecule has 10 nitrogen and oxygen atoms in total. The summed E-state index contributed by atoms with van der Waals surface area (Å²) in [5.74, 6) is -7.64. The van der Waals surface area contributed by atoms with Crippen LogP contribution in [0.25, 0.3) is 0 Å². The number of nitrogens with zero attached hydrogens (tertiary/aromatic N) is 2. The van der Waals surface area contributed by atoms with Crippen molar-refractivity contribution in [2.24, 2.45) is 35.3 Å². The molecule has 0 spiro atoms. The van der Waals surface area contributed by atoms with E-state index in [1.165, 1.54) is 17.7 Å². The lowest BCUT2D eigenvalue weighted by atomic mass is 9.52. The Labute approximate surface area is 243 Å². The number of hydrogen-bond donors (Lipinski definition) is 4. The number of ketones is 3. The van der Waals surface area contributed by atoms with Crippen LogP contribution < -0.4 is 5.73 Å². The highest BCUT2D eigenvalue weighted by atomic mass is 35.5. The molecule has 1 aromatic carbocycles. The first-order valence-electron chi connectivity index (χ1n) is 14.5.